The number of piperidine rings is 1. The predicted molar refractivity (Wildman–Crippen MR) is 88.8 cm³/mol. The Morgan fingerprint density at radius 1 is 1.04 bits per heavy atom. The van der Waals surface area contributed by atoms with Gasteiger partial charge in [0.15, 0.2) is 0 Å². The fourth-order valence-corrected chi connectivity index (χ4v) is 4.34. The van der Waals surface area contributed by atoms with Crippen molar-refractivity contribution in [3.63, 3.8) is 0 Å². The van der Waals surface area contributed by atoms with Crippen LogP contribution in [0.5, 0.6) is 0 Å². The average Bonchev–Trinajstić information content (AvgIpc) is 3.06. The molecule has 1 aromatic carbocycles. The van der Waals surface area contributed by atoms with Crippen molar-refractivity contribution in [3.05, 3.63) is 35.4 Å². The number of likely N-dealkylation sites (tertiary alicyclic amines) is 1. The van der Waals surface area contributed by atoms with Gasteiger partial charge in [-0.25, -0.2) is 0 Å². The van der Waals surface area contributed by atoms with Gasteiger partial charge in [-0.1, -0.05) is 24.3 Å². The molecule has 3 aliphatic heterocycles. The summed E-state index contributed by atoms with van der Waals surface area (Å²) in [4.78, 5) is 17.6. The minimum absolute atomic E-state index is 0.181. The molecule has 2 saturated heterocycles. The van der Waals surface area contributed by atoms with E-state index >= 15 is 0 Å². The van der Waals surface area contributed by atoms with Crippen LogP contribution in [0.25, 0.3) is 0 Å². The van der Waals surface area contributed by atoms with Crippen molar-refractivity contribution < 1.29 is 9.53 Å². The molecule has 4 nitrogen and oxygen atoms in total. The second-order valence-electron chi connectivity index (χ2n) is 7.14. The second-order valence-corrected chi connectivity index (χ2v) is 7.14. The number of amides is 1. The zero-order valence-electron chi connectivity index (χ0n) is 13.7. The number of carbonyl (C=O) groups excluding carboxylic acids is 1. The van der Waals surface area contributed by atoms with Crippen LogP contribution in [0.4, 0.5) is 0 Å². The summed E-state index contributed by atoms with van der Waals surface area (Å²) < 4.78 is 5.48. The predicted octanol–water partition coefficient (Wildman–Crippen LogP) is 2.42. The van der Waals surface area contributed by atoms with Gasteiger partial charge < -0.3 is 9.64 Å². The molecule has 4 rings (SSSR count). The van der Waals surface area contributed by atoms with E-state index in [1.165, 1.54) is 11.1 Å². The van der Waals surface area contributed by atoms with Crippen molar-refractivity contribution in [3.8, 4) is 0 Å². The maximum Gasteiger partial charge on any atom is 0.227 e. The smallest absolute Gasteiger partial charge is 0.227 e. The van der Waals surface area contributed by atoms with Crippen molar-refractivity contribution in [2.75, 3.05) is 26.3 Å². The van der Waals surface area contributed by atoms with Crippen molar-refractivity contribution in [1.29, 1.82) is 0 Å². The van der Waals surface area contributed by atoms with E-state index < -0.39 is 0 Å². The van der Waals surface area contributed by atoms with Crippen molar-refractivity contribution in [2.24, 2.45) is 5.92 Å². The summed E-state index contributed by atoms with van der Waals surface area (Å²) >= 11 is 0. The van der Waals surface area contributed by atoms with Crippen LogP contribution in [0, 0.1) is 5.92 Å². The molecule has 0 aromatic heterocycles. The Kier molecular flexibility index (Phi) is 4.36. The molecule has 3 aliphatic rings. The first-order valence-corrected chi connectivity index (χ1v) is 8.98. The molecular formula is C19H26N2O2. The highest BCUT2D eigenvalue weighted by molar-refractivity contribution is 5.80. The first kappa shape index (κ1) is 15.2. The van der Waals surface area contributed by atoms with Gasteiger partial charge >= 0.3 is 0 Å². The number of ether oxygens (including phenoxy) is 1. The van der Waals surface area contributed by atoms with Gasteiger partial charge in [-0.05, 0) is 43.4 Å². The summed E-state index contributed by atoms with van der Waals surface area (Å²) in [6, 6.07) is 9.06. The van der Waals surface area contributed by atoms with Gasteiger partial charge in [-0.15, -0.1) is 0 Å². The van der Waals surface area contributed by atoms with Gasteiger partial charge in [0.05, 0.1) is 5.92 Å². The second kappa shape index (κ2) is 6.62. The topological polar surface area (TPSA) is 32.8 Å². The maximum absolute atomic E-state index is 13.0. The fraction of sp³-hybridized carbons (Fsp3) is 0.632. The van der Waals surface area contributed by atoms with E-state index in [2.05, 4.69) is 34.1 Å². The zero-order chi connectivity index (χ0) is 15.6. The SMILES string of the molecule is O=C([C@@H]1CCCN(C2CCOCC2)C1)N1Cc2ccccc2C1. The van der Waals surface area contributed by atoms with Crippen LogP contribution < -0.4 is 0 Å². The Labute approximate surface area is 138 Å². The standard InChI is InChI=1S/C19H26N2O2/c22-19(21-12-15-4-1-2-5-16(15)13-21)17-6-3-9-20(14-17)18-7-10-23-11-8-18/h1-2,4-5,17-18H,3,6-14H2/t17-/m1/s1. The van der Waals surface area contributed by atoms with E-state index in [1.54, 1.807) is 0 Å². The van der Waals surface area contributed by atoms with Gasteiger partial charge in [-0.2, -0.15) is 0 Å². The van der Waals surface area contributed by atoms with Crippen LogP contribution in [-0.2, 0) is 22.6 Å². The first-order chi connectivity index (χ1) is 11.3. The number of benzene rings is 1. The Hall–Kier alpha value is -1.39. The number of nitrogens with zero attached hydrogens (tertiary/aromatic N) is 2. The number of hydrogen-bond acceptors (Lipinski definition) is 3. The Bertz CT molecular complexity index is 543. The molecule has 0 aliphatic carbocycles. The van der Waals surface area contributed by atoms with Gasteiger partial charge in [0.25, 0.3) is 0 Å². The minimum Gasteiger partial charge on any atom is -0.381 e. The minimum atomic E-state index is 0.181. The Morgan fingerprint density at radius 2 is 1.74 bits per heavy atom. The highest BCUT2D eigenvalue weighted by Crippen LogP contribution is 2.28. The van der Waals surface area contributed by atoms with Crippen LogP contribution >= 0.6 is 0 Å². The van der Waals surface area contributed by atoms with E-state index in [-0.39, 0.29) is 5.92 Å². The summed E-state index contributed by atoms with van der Waals surface area (Å²) in [5.74, 6) is 0.541. The van der Waals surface area contributed by atoms with Crippen molar-refractivity contribution >= 4 is 5.91 Å². The number of carbonyl (C=O) groups is 1. The van der Waals surface area contributed by atoms with E-state index in [1.807, 2.05) is 0 Å². The normalized spacial score (nSPS) is 26.3. The quantitative estimate of drug-likeness (QED) is 0.840. The molecule has 4 heteroatoms. The van der Waals surface area contributed by atoms with E-state index in [4.69, 9.17) is 4.74 Å². The third-order valence-electron chi connectivity index (χ3n) is 5.66. The molecule has 0 saturated carbocycles. The molecular weight excluding hydrogens is 288 g/mol. The van der Waals surface area contributed by atoms with E-state index in [0.717, 1.165) is 65.1 Å². The van der Waals surface area contributed by atoms with Crippen molar-refractivity contribution in [1.82, 2.24) is 9.80 Å². The van der Waals surface area contributed by atoms with Crippen LogP contribution in [-0.4, -0.2) is 48.1 Å². The summed E-state index contributed by atoms with van der Waals surface area (Å²) in [7, 11) is 0. The zero-order valence-corrected chi connectivity index (χ0v) is 13.7. The van der Waals surface area contributed by atoms with E-state index in [9.17, 15) is 4.79 Å². The maximum atomic E-state index is 13.0. The number of fused-ring (bicyclic) bond motifs is 1. The summed E-state index contributed by atoms with van der Waals surface area (Å²) in [5, 5.41) is 0. The first-order valence-electron chi connectivity index (χ1n) is 8.98. The average molecular weight is 314 g/mol. The molecule has 0 unspecified atom stereocenters. The van der Waals surface area contributed by atoms with Crippen LogP contribution in [0.2, 0.25) is 0 Å². The molecule has 0 bridgehead atoms. The van der Waals surface area contributed by atoms with Crippen LogP contribution in [0.1, 0.15) is 36.8 Å². The van der Waals surface area contributed by atoms with Crippen LogP contribution in [0.3, 0.4) is 0 Å². The Balaban J connectivity index is 1.39. The fourth-order valence-electron chi connectivity index (χ4n) is 4.34. The van der Waals surface area contributed by atoms with Crippen LogP contribution in [0.15, 0.2) is 24.3 Å². The lowest BCUT2D eigenvalue weighted by Gasteiger charge is -2.40. The van der Waals surface area contributed by atoms with Gasteiger partial charge in [0.1, 0.15) is 0 Å². The lowest BCUT2D eigenvalue weighted by molar-refractivity contribution is -0.138. The third-order valence-corrected chi connectivity index (χ3v) is 5.66. The van der Waals surface area contributed by atoms with Gasteiger partial charge in [0, 0.05) is 38.9 Å². The van der Waals surface area contributed by atoms with E-state index in [0.29, 0.717) is 11.9 Å². The molecule has 0 radical (unpaired) electrons. The summed E-state index contributed by atoms with van der Waals surface area (Å²) in [6.45, 7) is 5.43. The van der Waals surface area contributed by atoms with Crippen molar-refractivity contribution in [2.45, 2.75) is 44.8 Å². The largest absolute Gasteiger partial charge is 0.381 e. The lowest BCUT2D eigenvalue weighted by atomic mass is 9.93. The molecule has 1 aromatic rings. The Morgan fingerprint density at radius 3 is 2.43 bits per heavy atom. The molecule has 23 heavy (non-hydrogen) atoms. The lowest BCUT2D eigenvalue weighted by Crippen LogP contribution is -2.48. The number of hydrogen-bond donors (Lipinski definition) is 0. The van der Waals surface area contributed by atoms with Gasteiger partial charge in [-0.3, -0.25) is 9.69 Å². The summed E-state index contributed by atoms with van der Waals surface area (Å²) in [6.07, 6.45) is 4.44. The number of rotatable bonds is 2. The summed E-state index contributed by atoms with van der Waals surface area (Å²) in [5.41, 5.74) is 2.64. The highest BCUT2D eigenvalue weighted by atomic mass is 16.5. The molecule has 0 N–H and O–H groups in total. The highest BCUT2D eigenvalue weighted by Gasteiger charge is 2.34. The monoisotopic (exact) mass is 314 g/mol. The molecule has 0 spiro atoms. The molecule has 1 atom stereocenters. The third kappa shape index (κ3) is 3.15. The molecule has 1 amide bonds. The molecule has 3 heterocycles. The molecule has 2 fully saturated rings. The van der Waals surface area contributed by atoms with Gasteiger partial charge in [0.2, 0.25) is 5.91 Å². The molecule has 124 valence electrons.